The molecule has 4 aliphatic rings. The molecule has 0 spiro atoms. The molecule has 94 valence electrons. The maximum Gasteiger partial charge on any atom is 0.120 e. The van der Waals surface area contributed by atoms with Gasteiger partial charge in [-0.3, -0.25) is 0 Å². The molecule has 4 aliphatic carbocycles. The third kappa shape index (κ3) is 1.18. The van der Waals surface area contributed by atoms with E-state index in [1.807, 2.05) is 0 Å². The van der Waals surface area contributed by atoms with Gasteiger partial charge in [0.05, 0.1) is 17.9 Å². The van der Waals surface area contributed by atoms with Gasteiger partial charge in [0.2, 0.25) is 0 Å². The topological polar surface area (TPSA) is 0 Å². The molecule has 0 fully saturated rings. The maximum atomic E-state index is 3.72. The van der Waals surface area contributed by atoms with Crippen molar-refractivity contribution in [1.29, 1.82) is 0 Å². The van der Waals surface area contributed by atoms with Crippen molar-refractivity contribution in [1.82, 2.24) is 0 Å². The van der Waals surface area contributed by atoms with Crippen molar-refractivity contribution < 1.29 is 0 Å². The van der Waals surface area contributed by atoms with Gasteiger partial charge in [-0.25, -0.2) is 0 Å². The van der Waals surface area contributed by atoms with E-state index in [2.05, 4.69) is 84.8 Å². The first-order valence-corrected chi connectivity index (χ1v) is 7.69. The Balaban J connectivity index is 2.10. The number of hydrogen-bond acceptors (Lipinski definition) is 0. The Hall–Kier alpha value is -1.21. The Labute approximate surface area is 123 Å². The fourth-order valence-electron chi connectivity index (χ4n) is 4.05. The first kappa shape index (κ1) is 11.6. The summed E-state index contributed by atoms with van der Waals surface area (Å²) in [5.74, 6) is 0. The molecule has 1 heteroatoms. The van der Waals surface area contributed by atoms with E-state index in [0.717, 1.165) is 0 Å². The minimum atomic E-state index is 0.0622. The van der Waals surface area contributed by atoms with Crippen LogP contribution in [0.2, 0.25) is 0 Å². The summed E-state index contributed by atoms with van der Waals surface area (Å²) in [6, 6.07) is 0. The molecular formula is C18H16Br+. The molecule has 0 aromatic rings. The van der Waals surface area contributed by atoms with Crippen molar-refractivity contribution in [3.8, 4) is 0 Å². The van der Waals surface area contributed by atoms with E-state index in [1.54, 1.807) is 0 Å². The summed E-state index contributed by atoms with van der Waals surface area (Å²) < 4.78 is 0. The van der Waals surface area contributed by atoms with E-state index < -0.39 is 0 Å². The monoisotopic (exact) mass is 311 g/mol. The zero-order chi connectivity index (χ0) is 13.3. The highest BCUT2D eigenvalue weighted by molar-refractivity contribution is 9.09. The minimum Gasteiger partial charge on any atom is -0.0616 e. The standard InChI is InChI=1S/C18H16Br/c1-17-12-4-3-5-13(17)7-9-15-11-16(19)10-14(8-6-12)18(15,17)2/h3-11,16H,1-2H3/q+1/t16?,17-,18-. The van der Waals surface area contributed by atoms with Gasteiger partial charge in [0.1, 0.15) is 10.4 Å². The van der Waals surface area contributed by atoms with Crippen LogP contribution in [-0.2, 0) is 0 Å². The lowest BCUT2D eigenvalue weighted by molar-refractivity contribution is 0.243. The minimum absolute atomic E-state index is 0.0622. The van der Waals surface area contributed by atoms with Gasteiger partial charge in [-0.15, -0.1) is 0 Å². The molecule has 19 heavy (non-hydrogen) atoms. The number of hydrogen-bond donors (Lipinski definition) is 0. The second-order valence-electron chi connectivity index (χ2n) is 6.04. The lowest BCUT2D eigenvalue weighted by Gasteiger charge is -2.53. The van der Waals surface area contributed by atoms with Gasteiger partial charge >= 0.3 is 0 Å². The van der Waals surface area contributed by atoms with Crippen LogP contribution < -0.4 is 0 Å². The summed E-state index contributed by atoms with van der Waals surface area (Å²) in [7, 11) is 0. The molecule has 0 aromatic heterocycles. The van der Waals surface area contributed by atoms with Crippen molar-refractivity contribution in [3.05, 3.63) is 77.3 Å². The molecule has 0 heterocycles. The van der Waals surface area contributed by atoms with Crippen molar-refractivity contribution in [2.24, 2.45) is 10.8 Å². The average molecular weight is 312 g/mol. The smallest absolute Gasteiger partial charge is 0.0616 e. The van der Waals surface area contributed by atoms with Gasteiger partial charge in [0, 0.05) is 11.5 Å². The van der Waals surface area contributed by atoms with Crippen molar-refractivity contribution in [2.45, 2.75) is 18.7 Å². The third-order valence-electron chi connectivity index (χ3n) is 5.42. The Kier molecular flexibility index (Phi) is 2.11. The van der Waals surface area contributed by atoms with Gasteiger partial charge in [0.15, 0.2) is 0 Å². The predicted octanol–water partition coefficient (Wildman–Crippen LogP) is 4.84. The van der Waals surface area contributed by atoms with Crippen LogP contribution in [0.15, 0.2) is 70.9 Å². The molecule has 1 unspecified atom stereocenters. The summed E-state index contributed by atoms with van der Waals surface area (Å²) >= 11 is 3.72. The zero-order valence-corrected chi connectivity index (χ0v) is 12.7. The van der Waals surface area contributed by atoms with Crippen LogP contribution in [0.5, 0.6) is 0 Å². The third-order valence-corrected chi connectivity index (χ3v) is 5.95. The lowest BCUT2D eigenvalue weighted by Crippen LogP contribution is -2.48. The normalized spacial score (nSPS) is 41.5. The van der Waals surface area contributed by atoms with Crippen molar-refractivity contribution >= 4 is 15.9 Å². The fourth-order valence-corrected chi connectivity index (χ4v) is 4.62. The molecule has 0 saturated heterocycles. The van der Waals surface area contributed by atoms with Crippen LogP contribution in [0.4, 0.5) is 0 Å². The van der Waals surface area contributed by atoms with E-state index in [1.165, 1.54) is 22.3 Å². The van der Waals surface area contributed by atoms with Crippen LogP contribution in [0.25, 0.3) is 0 Å². The lowest BCUT2D eigenvalue weighted by atomic mass is 9.46. The van der Waals surface area contributed by atoms with Crippen LogP contribution in [-0.4, -0.2) is 4.83 Å². The summed E-state index contributed by atoms with van der Waals surface area (Å²) in [5, 5.41) is 0. The molecule has 0 amide bonds. The van der Waals surface area contributed by atoms with Crippen LogP contribution in [0.1, 0.15) is 13.8 Å². The van der Waals surface area contributed by atoms with Gasteiger partial charge in [0.25, 0.3) is 0 Å². The summed E-state index contributed by atoms with van der Waals surface area (Å²) in [4.78, 5) is 0.342. The highest BCUT2D eigenvalue weighted by Gasteiger charge is 2.60. The molecule has 0 bridgehead atoms. The molecule has 3 atom stereocenters. The highest BCUT2D eigenvalue weighted by Crippen LogP contribution is 2.65. The number of halogens is 1. The number of allylic oxidation sites excluding steroid dienone is 12. The van der Waals surface area contributed by atoms with Crippen LogP contribution >= 0.6 is 15.9 Å². The Bertz CT molecular complexity index is 653. The highest BCUT2D eigenvalue weighted by atomic mass is 79.9. The average Bonchev–Trinajstić information content (AvgIpc) is 2.37. The second kappa shape index (κ2) is 3.46. The van der Waals surface area contributed by atoms with E-state index in [-0.39, 0.29) is 10.8 Å². The van der Waals surface area contributed by atoms with Gasteiger partial charge in [-0.1, -0.05) is 53.2 Å². The summed E-state index contributed by atoms with van der Waals surface area (Å²) in [6.45, 7) is 4.78. The fraction of sp³-hybridized carbons (Fsp3) is 0.278. The molecule has 0 radical (unpaired) electrons. The Morgan fingerprint density at radius 3 is 2.53 bits per heavy atom. The van der Waals surface area contributed by atoms with Gasteiger partial charge in [-0.05, 0) is 29.7 Å². The first-order chi connectivity index (χ1) is 9.06. The number of rotatable bonds is 0. The van der Waals surface area contributed by atoms with Crippen molar-refractivity contribution in [3.63, 3.8) is 0 Å². The predicted molar refractivity (Wildman–Crippen MR) is 83.8 cm³/mol. The molecule has 4 rings (SSSR count). The van der Waals surface area contributed by atoms with E-state index in [9.17, 15) is 0 Å². The van der Waals surface area contributed by atoms with Crippen LogP contribution in [0, 0.1) is 17.3 Å². The SMILES string of the molecule is C[C@@]12C3=CC=CC1=CC=C1[CH+]C(Br)C=C(C=C3)[C@]12C. The summed E-state index contributed by atoms with van der Waals surface area (Å²) in [5.41, 5.74) is 5.84. The largest absolute Gasteiger partial charge is 0.120 e. The zero-order valence-electron chi connectivity index (χ0n) is 11.2. The molecule has 0 nitrogen and oxygen atoms in total. The molecule has 0 saturated carbocycles. The van der Waals surface area contributed by atoms with Gasteiger partial charge in [-0.2, -0.15) is 0 Å². The molecule has 0 N–H and O–H groups in total. The first-order valence-electron chi connectivity index (χ1n) is 6.78. The Morgan fingerprint density at radius 2 is 1.68 bits per heavy atom. The number of alkyl halides is 1. The van der Waals surface area contributed by atoms with Crippen molar-refractivity contribution in [2.75, 3.05) is 0 Å². The van der Waals surface area contributed by atoms with Crippen LogP contribution in [0.3, 0.4) is 0 Å². The van der Waals surface area contributed by atoms with E-state index in [0.29, 0.717) is 4.83 Å². The quantitative estimate of drug-likeness (QED) is 0.443. The molecular weight excluding hydrogens is 296 g/mol. The maximum absolute atomic E-state index is 3.72. The molecule has 0 aliphatic heterocycles. The van der Waals surface area contributed by atoms with E-state index >= 15 is 0 Å². The van der Waals surface area contributed by atoms with Gasteiger partial charge < -0.3 is 0 Å². The summed E-state index contributed by atoms with van der Waals surface area (Å²) in [6.07, 6.45) is 20.6. The Morgan fingerprint density at radius 1 is 0.947 bits per heavy atom. The molecule has 0 aromatic carbocycles. The van der Waals surface area contributed by atoms with E-state index in [4.69, 9.17) is 0 Å². The second-order valence-corrected chi connectivity index (χ2v) is 7.10.